The Labute approximate surface area is 121 Å². The Balaban J connectivity index is 1.93. The maximum Gasteiger partial charge on any atom is 0.411 e. The van der Waals surface area contributed by atoms with Gasteiger partial charge in [0.05, 0.1) is 13.2 Å². The molecule has 7 heteroatoms. The second-order valence-electron chi connectivity index (χ2n) is 3.91. The number of nitrogens with zero attached hydrogens (tertiary/aromatic N) is 1. The molecule has 0 aliphatic carbocycles. The van der Waals surface area contributed by atoms with Crippen molar-refractivity contribution < 1.29 is 14.3 Å². The molecule has 1 aliphatic rings. The van der Waals surface area contributed by atoms with Crippen LogP contribution in [0.5, 0.6) is 0 Å². The molecular formula is C13H15N3O3S. The molecule has 1 aromatic carbocycles. The molecule has 2 N–H and O–H groups in total. The van der Waals surface area contributed by atoms with Gasteiger partial charge in [-0.3, -0.25) is 15.1 Å². The maximum atomic E-state index is 11.9. The van der Waals surface area contributed by atoms with E-state index in [-0.39, 0.29) is 5.91 Å². The standard InChI is InChI=1S/C13H15N3O3S/c1-2-19-13(18)15-10-5-3-9(4-6-10)11(17)16-12-14-7-8-20-12/h3-6H,2,7-8H2,1H3,(H,15,18)(H,14,16,17). The second kappa shape index (κ2) is 6.95. The van der Waals surface area contributed by atoms with Crippen LogP contribution in [0.2, 0.25) is 0 Å². The number of anilines is 1. The summed E-state index contributed by atoms with van der Waals surface area (Å²) in [5.41, 5.74) is 1.09. The van der Waals surface area contributed by atoms with Gasteiger partial charge in [-0.05, 0) is 31.2 Å². The number of benzene rings is 1. The van der Waals surface area contributed by atoms with Crippen LogP contribution in [-0.4, -0.2) is 36.1 Å². The van der Waals surface area contributed by atoms with Gasteiger partial charge in [0.1, 0.15) is 0 Å². The van der Waals surface area contributed by atoms with E-state index in [4.69, 9.17) is 4.74 Å². The van der Waals surface area contributed by atoms with E-state index < -0.39 is 6.09 Å². The van der Waals surface area contributed by atoms with Crippen LogP contribution in [0.25, 0.3) is 0 Å². The molecule has 106 valence electrons. The molecule has 0 fully saturated rings. The number of ether oxygens (including phenoxy) is 1. The molecule has 0 saturated heterocycles. The molecule has 2 amide bonds. The SMILES string of the molecule is CCOC(=O)Nc1ccc(C(=O)NC2=NCCS2)cc1. The molecule has 0 aromatic heterocycles. The third-order valence-corrected chi connectivity index (χ3v) is 3.37. The summed E-state index contributed by atoms with van der Waals surface area (Å²) in [5, 5.41) is 5.96. The van der Waals surface area contributed by atoms with E-state index >= 15 is 0 Å². The van der Waals surface area contributed by atoms with Gasteiger partial charge in [0.25, 0.3) is 5.91 Å². The van der Waals surface area contributed by atoms with Crippen molar-refractivity contribution in [1.29, 1.82) is 0 Å². The molecular weight excluding hydrogens is 278 g/mol. The maximum absolute atomic E-state index is 11.9. The lowest BCUT2D eigenvalue weighted by Gasteiger charge is -2.07. The quantitative estimate of drug-likeness (QED) is 0.894. The normalized spacial score (nSPS) is 13.6. The summed E-state index contributed by atoms with van der Waals surface area (Å²) in [6.45, 7) is 2.78. The number of nitrogens with one attached hydrogen (secondary N) is 2. The fourth-order valence-electron chi connectivity index (χ4n) is 1.57. The zero-order chi connectivity index (χ0) is 14.4. The highest BCUT2D eigenvalue weighted by Crippen LogP contribution is 2.12. The number of thioether (sulfide) groups is 1. The van der Waals surface area contributed by atoms with E-state index in [1.54, 1.807) is 31.2 Å². The lowest BCUT2D eigenvalue weighted by atomic mass is 10.2. The fourth-order valence-corrected chi connectivity index (χ4v) is 2.29. The number of hydrogen-bond donors (Lipinski definition) is 2. The van der Waals surface area contributed by atoms with Crippen molar-refractivity contribution in [2.45, 2.75) is 6.92 Å². The van der Waals surface area contributed by atoms with Crippen LogP contribution < -0.4 is 10.6 Å². The van der Waals surface area contributed by atoms with E-state index in [9.17, 15) is 9.59 Å². The first-order valence-electron chi connectivity index (χ1n) is 6.21. The first-order chi connectivity index (χ1) is 9.69. The van der Waals surface area contributed by atoms with Crippen molar-refractivity contribution in [3.05, 3.63) is 29.8 Å². The van der Waals surface area contributed by atoms with Crippen LogP contribution >= 0.6 is 11.8 Å². The number of aliphatic imine (C=N–C) groups is 1. The van der Waals surface area contributed by atoms with Gasteiger partial charge in [0, 0.05) is 17.0 Å². The Morgan fingerprint density at radius 2 is 2.05 bits per heavy atom. The number of amides is 2. The zero-order valence-electron chi connectivity index (χ0n) is 11.0. The lowest BCUT2D eigenvalue weighted by molar-refractivity contribution is 0.0978. The Bertz CT molecular complexity index is 528. The largest absolute Gasteiger partial charge is 0.450 e. The summed E-state index contributed by atoms with van der Waals surface area (Å²) in [6.07, 6.45) is -0.513. The molecule has 0 atom stereocenters. The summed E-state index contributed by atoms with van der Waals surface area (Å²) < 4.78 is 4.76. The second-order valence-corrected chi connectivity index (χ2v) is 5.00. The first-order valence-corrected chi connectivity index (χ1v) is 7.20. The molecule has 1 aromatic rings. The minimum Gasteiger partial charge on any atom is -0.450 e. The van der Waals surface area contributed by atoms with Gasteiger partial charge in [-0.2, -0.15) is 0 Å². The molecule has 2 rings (SSSR count). The molecule has 6 nitrogen and oxygen atoms in total. The molecule has 0 saturated carbocycles. The van der Waals surface area contributed by atoms with Crippen molar-refractivity contribution in [2.75, 3.05) is 24.2 Å². The van der Waals surface area contributed by atoms with E-state index in [1.165, 1.54) is 11.8 Å². The predicted molar refractivity (Wildman–Crippen MR) is 79.3 cm³/mol. The minimum atomic E-state index is -0.513. The molecule has 20 heavy (non-hydrogen) atoms. The minimum absolute atomic E-state index is 0.208. The van der Waals surface area contributed by atoms with E-state index in [0.717, 1.165) is 12.3 Å². The summed E-state index contributed by atoms with van der Waals surface area (Å²) >= 11 is 1.53. The van der Waals surface area contributed by atoms with Gasteiger partial charge in [0.2, 0.25) is 0 Å². The van der Waals surface area contributed by atoms with Crippen molar-refractivity contribution >= 4 is 34.6 Å². The van der Waals surface area contributed by atoms with Gasteiger partial charge in [-0.25, -0.2) is 4.79 Å². The fraction of sp³-hybridized carbons (Fsp3) is 0.308. The van der Waals surface area contributed by atoms with Crippen LogP contribution in [0.1, 0.15) is 17.3 Å². The van der Waals surface area contributed by atoms with Crippen molar-refractivity contribution in [1.82, 2.24) is 5.32 Å². The summed E-state index contributed by atoms with van der Waals surface area (Å²) in [6, 6.07) is 6.57. The van der Waals surface area contributed by atoms with Crippen LogP contribution in [0.4, 0.5) is 10.5 Å². The van der Waals surface area contributed by atoms with E-state index in [1.807, 2.05) is 0 Å². The highest BCUT2D eigenvalue weighted by atomic mass is 32.2. The lowest BCUT2D eigenvalue weighted by Crippen LogP contribution is -2.27. The molecule has 1 aliphatic heterocycles. The molecule has 0 radical (unpaired) electrons. The molecule has 0 bridgehead atoms. The van der Waals surface area contributed by atoms with Gasteiger partial charge in [-0.15, -0.1) is 0 Å². The van der Waals surface area contributed by atoms with Crippen molar-refractivity contribution in [3.63, 3.8) is 0 Å². The summed E-state index contributed by atoms with van der Waals surface area (Å²) in [7, 11) is 0. The van der Waals surface area contributed by atoms with Crippen LogP contribution in [-0.2, 0) is 4.74 Å². The molecule has 0 spiro atoms. The van der Waals surface area contributed by atoms with E-state index in [0.29, 0.717) is 23.0 Å². The van der Waals surface area contributed by atoms with Gasteiger partial charge in [-0.1, -0.05) is 11.8 Å². The van der Waals surface area contributed by atoms with Crippen LogP contribution in [0, 0.1) is 0 Å². The van der Waals surface area contributed by atoms with Gasteiger partial charge >= 0.3 is 6.09 Å². The molecule has 1 heterocycles. The summed E-state index contributed by atoms with van der Waals surface area (Å²) in [4.78, 5) is 27.3. The van der Waals surface area contributed by atoms with E-state index in [2.05, 4.69) is 15.6 Å². The summed E-state index contributed by atoms with van der Waals surface area (Å²) in [5.74, 6) is 0.693. The van der Waals surface area contributed by atoms with Crippen molar-refractivity contribution in [3.8, 4) is 0 Å². The average Bonchev–Trinajstić information content (AvgIpc) is 2.92. The van der Waals surface area contributed by atoms with Gasteiger partial charge in [0.15, 0.2) is 5.17 Å². The predicted octanol–water partition coefficient (Wildman–Crippen LogP) is 2.09. The van der Waals surface area contributed by atoms with Crippen molar-refractivity contribution in [2.24, 2.45) is 4.99 Å². The number of rotatable bonds is 3. The average molecular weight is 293 g/mol. The number of carbonyl (C=O) groups is 2. The molecule has 0 unspecified atom stereocenters. The van der Waals surface area contributed by atoms with Crippen LogP contribution in [0.3, 0.4) is 0 Å². The monoisotopic (exact) mass is 293 g/mol. The number of hydrogen-bond acceptors (Lipinski definition) is 5. The highest BCUT2D eigenvalue weighted by Gasteiger charge is 2.12. The smallest absolute Gasteiger partial charge is 0.411 e. The zero-order valence-corrected chi connectivity index (χ0v) is 11.8. The Hall–Kier alpha value is -2.02. The Kier molecular flexibility index (Phi) is 5.00. The number of amidine groups is 1. The van der Waals surface area contributed by atoms with Crippen LogP contribution in [0.15, 0.2) is 29.3 Å². The third kappa shape index (κ3) is 3.99. The third-order valence-electron chi connectivity index (χ3n) is 2.47. The number of carbonyl (C=O) groups excluding carboxylic acids is 2. The highest BCUT2D eigenvalue weighted by molar-refractivity contribution is 8.14. The Morgan fingerprint density at radius 1 is 1.30 bits per heavy atom. The Morgan fingerprint density at radius 3 is 2.65 bits per heavy atom. The first kappa shape index (κ1) is 14.4. The topological polar surface area (TPSA) is 79.8 Å². The van der Waals surface area contributed by atoms with Gasteiger partial charge < -0.3 is 10.1 Å².